The minimum absolute atomic E-state index is 0.122. The first-order chi connectivity index (χ1) is 11.9. The van der Waals surface area contributed by atoms with Crippen LogP contribution in [0.15, 0.2) is 22.7 Å². The van der Waals surface area contributed by atoms with Gasteiger partial charge in [0.25, 0.3) is 0 Å². The highest BCUT2D eigenvalue weighted by Crippen LogP contribution is 2.31. The number of carbonyl (C=O) groups is 1. The minimum Gasteiger partial charge on any atom is -0.492 e. The quantitative estimate of drug-likeness (QED) is 0.479. The van der Waals surface area contributed by atoms with Crippen LogP contribution >= 0.6 is 15.9 Å². The third kappa shape index (κ3) is 7.01. The Morgan fingerprint density at radius 1 is 1.20 bits per heavy atom. The van der Waals surface area contributed by atoms with Crippen LogP contribution in [0.3, 0.4) is 0 Å². The summed E-state index contributed by atoms with van der Waals surface area (Å²) in [6.45, 7) is 7.15. The third-order valence-electron chi connectivity index (χ3n) is 4.82. The van der Waals surface area contributed by atoms with Gasteiger partial charge in [0.1, 0.15) is 5.75 Å². The second-order valence-corrected chi connectivity index (χ2v) is 8.96. The summed E-state index contributed by atoms with van der Waals surface area (Å²) in [6.07, 6.45) is 8.65. The van der Waals surface area contributed by atoms with E-state index in [-0.39, 0.29) is 11.3 Å². The first kappa shape index (κ1) is 20.3. The fourth-order valence-electron chi connectivity index (χ4n) is 3.22. The SMILES string of the molecule is CC(C)(C)c1ccc(OCCCC(=O)NC2CCCCCC2)c(Br)c1. The van der Waals surface area contributed by atoms with Gasteiger partial charge in [-0.2, -0.15) is 0 Å². The van der Waals surface area contributed by atoms with E-state index in [9.17, 15) is 4.79 Å². The summed E-state index contributed by atoms with van der Waals surface area (Å²) in [7, 11) is 0. The van der Waals surface area contributed by atoms with Crippen LogP contribution in [0.5, 0.6) is 5.75 Å². The van der Waals surface area contributed by atoms with Crippen LogP contribution in [0.1, 0.15) is 77.7 Å². The Hall–Kier alpha value is -1.03. The van der Waals surface area contributed by atoms with E-state index in [2.05, 4.69) is 54.2 Å². The van der Waals surface area contributed by atoms with Crippen molar-refractivity contribution in [3.63, 3.8) is 0 Å². The molecule has 0 saturated heterocycles. The fraction of sp³-hybridized carbons (Fsp3) is 0.667. The summed E-state index contributed by atoms with van der Waals surface area (Å²) in [5, 5.41) is 3.19. The van der Waals surface area contributed by atoms with Crippen LogP contribution in [0, 0.1) is 0 Å². The fourth-order valence-corrected chi connectivity index (χ4v) is 3.72. The lowest BCUT2D eigenvalue weighted by atomic mass is 9.87. The summed E-state index contributed by atoms with van der Waals surface area (Å²) < 4.78 is 6.81. The third-order valence-corrected chi connectivity index (χ3v) is 5.44. The van der Waals surface area contributed by atoms with E-state index < -0.39 is 0 Å². The van der Waals surface area contributed by atoms with Gasteiger partial charge in [0.15, 0.2) is 0 Å². The molecule has 0 spiro atoms. The molecule has 1 aliphatic rings. The zero-order valence-electron chi connectivity index (χ0n) is 15.9. The number of rotatable bonds is 6. The molecule has 1 N–H and O–H groups in total. The summed E-state index contributed by atoms with van der Waals surface area (Å²) in [4.78, 5) is 12.1. The van der Waals surface area contributed by atoms with E-state index >= 15 is 0 Å². The van der Waals surface area contributed by atoms with Gasteiger partial charge >= 0.3 is 0 Å². The van der Waals surface area contributed by atoms with Gasteiger partial charge in [-0.05, 0) is 58.3 Å². The maximum absolute atomic E-state index is 12.1. The predicted octanol–water partition coefficient (Wildman–Crippen LogP) is 5.74. The molecule has 25 heavy (non-hydrogen) atoms. The first-order valence-electron chi connectivity index (χ1n) is 9.58. The molecule has 1 aromatic rings. The minimum atomic E-state index is 0.122. The van der Waals surface area contributed by atoms with Crippen LogP contribution in [0.2, 0.25) is 0 Å². The number of hydrogen-bond donors (Lipinski definition) is 1. The van der Waals surface area contributed by atoms with E-state index in [1.165, 1.54) is 31.2 Å². The maximum atomic E-state index is 12.1. The van der Waals surface area contributed by atoms with Crippen molar-refractivity contribution in [1.82, 2.24) is 5.32 Å². The summed E-state index contributed by atoms with van der Waals surface area (Å²) in [5.74, 6) is 1.01. The number of carbonyl (C=O) groups excluding carboxylic acids is 1. The second kappa shape index (κ2) is 9.61. The van der Waals surface area contributed by atoms with Gasteiger partial charge in [0.2, 0.25) is 5.91 Å². The van der Waals surface area contributed by atoms with Gasteiger partial charge in [-0.1, -0.05) is 52.5 Å². The van der Waals surface area contributed by atoms with Gasteiger partial charge in [-0.3, -0.25) is 4.79 Å². The molecular weight excluding hydrogens is 378 g/mol. The highest BCUT2D eigenvalue weighted by molar-refractivity contribution is 9.10. The Kier molecular flexibility index (Phi) is 7.80. The van der Waals surface area contributed by atoms with E-state index in [1.54, 1.807) is 0 Å². The molecule has 1 amide bonds. The number of hydrogen-bond acceptors (Lipinski definition) is 2. The molecule has 0 heterocycles. The molecular formula is C21H32BrNO2. The molecule has 3 nitrogen and oxygen atoms in total. The topological polar surface area (TPSA) is 38.3 Å². The lowest BCUT2D eigenvalue weighted by Gasteiger charge is -2.20. The molecule has 0 bridgehead atoms. The van der Waals surface area contributed by atoms with Gasteiger partial charge < -0.3 is 10.1 Å². The molecule has 2 rings (SSSR count). The monoisotopic (exact) mass is 409 g/mol. The number of benzene rings is 1. The van der Waals surface area contributed by atoms with Crippen molar-refractivity contribution in [2.75, 3.05) is 6.61 Å². The Bertz CT molecular complexity index is 558. The van der Waals surface area contributed by atoms with Gasteiger partial charge in [0, 0.05) is 12.5 Å². The molecule has 1 aromatic carbocycles. The molecule has 140 valence electrons. The molecule has 0 aliphatic heterocycles. The maximum Gasteiger partial charge on any atom is 0.220 e. The first-order valence-corrected chi connectivity index (χ1v) is 10.4. The van der Waals surface area contributed by atoms with Crippen molar-refractivity contribution < 1.29 is 9.53 Å². The Balaban J connectivity index is 1.71. The normalized spacial score (nSPS) is 16.3. The van der Waals surface area contributed by atoms with Crippen molar-refractivity contribution in [3.8, 4) is 5.75 Å². The Morgan fingerprint density at radius 2 is 1.88 bits per heavy atom. The van der Waals surface area contributed by atoms with Gasteiger partial charge in [0.05, 0.1) is 11.1 Å². The van der Waals surface area contributed by atoms with Crippen molar-refractivity contribution in [3.05, 3.63) is 28.2 Å². The van der Waals surface area contributed by atoms with Crippen molar-refractivity contribution in [2.45, 2.75) is 83.6 Å². The Labute approximate surface area is 161 Å². The van der Waals surface area contributed by atoms with Crippen LogP contribution in [-0.2, 0) is 10.2 Å². The zero-order valence-corrected chi connectivity index (χ0v) is 17.5. The molecule has 0 aromatic heterocycles. The molecule has 0 radical (unpaired) electrons. The van der Waals surface area contributed by atoms with Crippen LogP contribution in [0.25, 0.3) is 0 Å². The van der Waals surface area contributed by atoms with Crippen LogP contribution < -0.4 is 10.1 Å². The summed E-state index contributed by atoms with van der Waals surface area (Å²) in [5.41, 5.74) is 1.39. The summed E-state index contributed by atoms with van der Waals surface area (Å²) >= 11 is 3.59. The predicted molar refractivity (Wildman–Crippen MR) is 107 cm³/mol. The second-order valence-electron chi connectivity index (χ2n) is 8.10. The summed E-state index contributed by atoms with van der Waals surface area (Å²) in [6, 6.07) is 6.62. The van der Waals surface area contributed by atoms with Crippen LogP contribution in [-0.4, -0.2) is 18.6 Å². The number of ether oxygens (including phenoxy) is 1. The molecule has 1 saturated carbocycles. The lowest BCUT2D eigenvalue weighted by molar-refractivity contribution is -0.122. The van der Waals surface area contributed by atoms with E-state index in [4.69, 9.17) is 4.74 Å². The average molecular weight is 410 g/mol. The van der Waals surface area contributed by atoms with E-state index in [1.807, 2.05) is 6.07 Å². The molecule has 1 aliphatic carbocycles. The zero-order chi connectivity index (χ0) is 18.3. The van der Waals surface area contributed by atoms with Crippen LogP contribution in [0.4, 0.5) is 0 Å². The number of amides is 1. The number of nitrogens with one attached hydrogen (secondary N) is 1. The highest BCUT2D eigenvalue weighted by Gasteiger charge is 2.16. The van der Waals surface area contributed by atoms with Crippen molar-refractivity contribution in [2.24, 2.45) is 0 Å². The van der Waals surface area contributed by atoms with Gasteiger partial charge in [-0.25, -0.2) is 0 Å². The lowest BCUT2D eigenvalue weighted by Crippen LogP contribution is -2.34. The molecule has 0 atom stereocenters. The smallest absolute Gasteiger partial charge is 0.220 e. The highest BCUT2D eigenvalue weighted by atomic mass is 79.9. The average Bonchev–Trinajstić information content (AvgIpc) is 2.80. The standard InChI is InChI=1S/C21H32BrNO2/c1-21(2,3)16-12-13-19(18(22)15-16)25-14-8-11-20(24)23-17-9-6-4-5-7-10-17/h12-13,15,17H,4-11,14H2,1-3H3,(H,23,24). The largest absolute Gasteiger partial charge is 0.492 e. The van der Waals surface area contributed by atoms with E-state index in [0.717, 1.165) is 29.5 Å². The molecule has 1 fully saturated rings. The molecule has 0 unspecified atom stereocenters. The van der Waals surface area contributed by atoms with Crippen molar-refractivity contribution in [1.29, 1.82) is 0 Å². The van der Waals surface area contributed by atoms with Crippen molar-refractivity contribution >= 4 is 21.8 Å². The molecule has 4 heteroatoms. The van der Waals surface area contributed by atoms with Gasteiger partial charge in [-0.15, -0.1) is 0 Å². The number of halogens is 1. The Morgan fingerprint density at radius 3 is 2.48 bits per heavy atom. The van der Waals surface area contributed by atoms with E-state index in [0.29, 0.717) is 19.1 Å².